The lowest BCUT2D eigenvalue weighted by molar-refractivity contribution is 0.618. The molecule has 11 heavy (non-hydrogen) atoms. The third kappa shape index (κ3) is 5.99. The van der Waals surface area contributed by atoms with E-state index >= 15 is 0 Å². The number of nitrogens with one attached hydrogen (secondary N) is 1. The molecule has 1 N–H and O–H groups in total. The molecule has 0 aliphatic heterocycles. The van der Waals surface area contributed by atoms with Crippen molar-refractivity contribution in [2.24, 2.45) is 0 Å². The lowest BCUT2D eigenvalue weighted by atomic mass is 10.1. The van der Waals surface area contributed by atoms with Crippen LogP contribution in [0.5, 0.6) is 0 Å². The normalized spacial score (nSPS) is 13.0. The Morgan fingerprint density at radius 2 is 2.36 bits per heavy atom. The molecular formula is C8H16INS. The van der Waals surface area contributed by atoms with Crippen LogP contribution in [-0.4, -0.2) is 22.6 Å². The second kappa shape index (κ2) is 7.43. The molecule has 0 heterocycles. The van der Waals surface area contributed by atoms with Crippen LogP contribution in [0, 0.1) is 0 Å². The van der Waals surface area contributed by atoms with Gasteiger partial charge in [-0.3, -0.25) is 0 Å². The molecule has 0 unspecified atom stereocenters. The molecule has 1 atom stereocenters. The van der Waals surface area contributed by atoms with Gasteiger partial charge in [0.2, 0.25) is 0 Å². The van der Waals surface area contributed by atoms with Crippen molar-refractivity contribution in [3.8, 4) is 0 Å². The van der Waals surface area contributed by atoms with E-state index in [9.17, 15) is 0 Å². The van der Waals surface area contributed by atoms with Crippen molar-refractivity contribution in [3.63, 3.8) is 0 Å². The van der Waals surface area contributed by atoms with Gasteiger partial charge < -0.3 is 5.32 Å². The molecule has 66 valence electrons. The van der Waals surface area contributed by atoms with Crippen LogP contribution in [-0.2, 0) is 0 Å². The topological polar surface area (TPSA) is 12.0 Å². The molecule has 0 aromatic heterocycles. The van der Waals surface area contributed by atoms with Crippen molar-refractivity contribution in [2.75, 3.05) is 16.6 Å². The Hall–Kier alpha value is 0.780. The van der Waals surface area contributed by atoms with E-state index in [0.29, 0.717) is 6.04 Å². The fraction of sp³-hybridized carbons (Fsp3) is 0.750. The average molecular weight is 285 g/mol. The van der Waals surface area contributed by atoms with E-state index in [-0.39, 0.29) is 0 Å². The van der Waals surface area contributed by atoms with Gasteiger partial charge in [-0.15, -0.1) is 0 Å². The number of halogens is 1. The number of hydrogen-bond acceptors (Lipinski definition) is 2. The van der Waals surface area contributed by atoms with Crippen LogP contribution < -0.4 is 5.32 Å². The standard InChI is InChI=1S/C8H16INS/c1-7(2)8(10-6-9)4-5-11-3/h8,10H,1,4-6H2,2-3H3/t8-/m0/s1. The first-order chi connectivity index (χ1) is 5.22. The second-order valence-electron chi connectivity index (χ2n) is 2.52. The molecule has 0 amide bonds. The van der Waals surface area contributed by atoms with Crippen LogP contribution in [0.3, 0.4) is 0 Å². The van der Waals surface area contributed by atoms with Gasteiger partial charge in [0.15, 0.2) is 0 Å². The van der Waals surface area contributed by atoms with Gasteiger partial charge in [-0.25, -0.2) is 0 Å². The quantitative estimate of drug-likeness (QED) is 0.348. The van der Waals surface area contributed by atoms with E-state index < -0.39 is 0 Å². The summed E-state index contributed by atoms with van der Waals surface area (Å²) in [6.07, 6.45) is 3.33. The predicted octanol–water partition coefficient (Wildman–Crippen LogP) is 2.67. The highest BCUT2D eigenvalue weighted by Crippen LogP contribution is 2.07. The Morgan fingerprint density at radius 1 is 1.73 bits per heavy atom. The van der Waals surface area contributed by atoms with Crippen LogP contribution in [0.25, 0.3) is 0 Å². The molecule has 1 nitrogen and oxygen atoms in total. The zero-order chi connectivity index (χ0) is 8.69. The van der Waals surface area contributed by atoms with E-state index in [4.69, 9.17) is 0 Å². The van der Waals surface area contributed by atoms with Gasteiger partial charge >= 0.3 is 0 Å². The summed E-state index contributed by atoms with van der Waals surface area (Å²) in [5.41, 5.74) is 1.25. The maximum absolute atomic E-state index is 3.95. The number of thioether (sulfide) groups is 1. The van der Waals surface area contributed by atoms with Crippen LogP contribution >= 0.6 is 34.4 Å². The molecule has 0 bridgehead atoms. The zero-order valence-electron chi connectivity index (χ0n) is 7.19. The molecule has 0 aromatic rings. The maximum Gasteiger partial charge on any atom is 0.0484 e. The number of rotatable bonds is 6. The first kappa shape index (κ1) is 11.8. The Bertz CT molecular complexity index is 117. The zero-order valence-corrected chi connectivity index (χ0v) is 10.2. The van der Waals surface area contributed by atoms with E-state index in [0.717, 1.165) is 4.55 Å². The second-order valence-corrected chi connectivity index (χ2v) is 4.27. The minimum absolute atomic E-state index is 0.513. The summed E-state index contributed by atoms with van der Waals surface area (Å²) in [7, 11) is 0. The smallest absolute Gasteiger partial charge is 0.0484 e. The molecule has 0 saturated carbocycles. The number of alkyl halides is 1. The van der Waals surface area contributed by atoms with E-state index in [2.05, 4.69) is 47.7 Å². The highest BCUT2D eigenvalue weighted by Gasteiger charge is 2.05. The summed E-state index contributed by atoms with van der Waals surface area (Å²) < 4.78 is 1.00. The van der Waals surface area contributed by atoms with Crippen LogP contribution in [0.1, 0.15) is 13.3 Å². The lowest BCUT2D eigenvalue weighted by Gasteiger charge is -2.16. The molecular weight excluding hydrogens is 269 g/mol. The van der Waals surface area contributed by atoms with Gasteiger partial charge in [0.1, 0.15) is 0 Å². The monoisotopic (exact) mass is 285 g/mol. The first-order valence-electron chi connectivity index (χ1n) is 3.66. The van der Waals surface area contributed by atoms with Crippen molar-refractivity contribution >= 4 is 34.4 Å². The van der Waals surface area contributed by atoms with Crippen molar-refractivity contribution in [1.29, 1.82) is 0 Å². The summed E-state index contributed by atoms with van der Waals surface area (Å²) in [6, 6.07) is 0.513. The van der Waals surface area contributed by atoms with Crippen molar-refractivity contribution in [3.05, 3.63) is 12.2 Å². The van der Waals surface area contributed by atoms with Crippen molar-refractivity contribution in [1.82, 2.24) is 5.32 Å². The third-order valence-electron chi connectivity index (χ3n) is 1.53. The molecule has 0 spiro atoms. The van der Waals surface area contributed by atoms with Crippen molar-refractivity contribution in [2.45, 2.75) is 19.4 Å². The summed E-state index contributed by atoms with van der Waals surface area (Å²) in [4.78, 5) is 0. The van der Waals surface area contributed by atoms with E-state index in [1.54, 1.807) is 0 Å². The van der Waals surface area contributed by atoms with Gasteiger partial charge in [0, 0.05) is 10.6 Å². The molecule has 0 aromatic carbocycles. The Kier molecular flexibility index (Phi) is 7.96. The van der Waals surface area contributed by atoms with Gasteiger partial charge in [0.25, 0.3) is 0 Å². The van der Waals surface area contributed by atoms with E-state index in [1.165, 1.54) is 17.7 Å². The van der Waals surface area contributed by atoms with Crippen LogP contribution in [0.2, 0.25) is 0 Å². The minimum Gasteiger partial charge on any atom is -0.301 e. The Labute approximate surface area is 87.5 Å². The first-order valence-corrected chi connectivity index (χ1v) is 6.58. The molecule has 0 radical (unpaired) electrons. The van der Waals surface area contributed by atoms with Gasteiger partial charge in [-0.05, 0) is 25.4 Å². The number of hydrogen-bond donors (Lipinski definition) is 1. The van der Waals surface area contributed by atoms with E-state index in [1.807, 2.05) is 11.8 Å². The SMILES string of the molecule is C=C(C)[C@H](CCSC)NCI. The fourth-order valence-corrected chi connectivity index (χ4v) is 1.85. The highest BCUT2D eigenvalue weighted by molar-refractivity contribution is 14.1. The fourth-order valence-electron chi connectivity index (χ4n) is 0.852. The lowest BCUT2D eigenvalue weighted by Crippen LogP contribution is -2.29. The molecule has 0 aliphatic carbocycles. The Morgan fingerprint density at radius 3 is 2.73 bits per heavy atom. The summed E-state index contributed by atoms with van der Waals surface area (Å²) in [5, 5.41) is 3.39. The highest BCUT2D eigenvalue weighted by atomic mass is 127. The summed E-state index contributed by atoms with van der Waals surface area (Å²) in [5.74, 6) is 1.21. The Balaban J connectivity index is 3.60. The van der Waals surface area contributed by atoms with Gasteiger partial charge in [0.05, 0.1) is 0 Å². The average Bonchev–Trinajstić information content (AvgIpc) is 1.97. The summed E-state index contributed by atoms with van der Waals surface area (Å²) in [6.45, 7) is 6.04. The predicted molar refractivity (Wildman–Crippen MR) is 63.6 cm³/mol. The van der Waals surface area contributed by atoms with Crippen LogP contribution in [0.4, 0.5) is 0 Å². The van der Waals surface area contributed by atoms with Crippen molar-refractivity contribution < 1.29 is 0 Å². The molecule has 0 saturated heterocycles. The summed E-state index contributed by atoms with van der Waals surface area (Å²) >= 11 is 4.22. The molecule has 0 rings (SSSR count). The molecule has 0 aliphatic rings. The molecule has 0 fully saturated rings. The largest absolute Gasteiger partial charge is 0.301 e. The van der Waals surface area contributed by atoms with Gasteiger partial charge in [-0.1, -0.05) is 34.7 Å². The van der Waals surface area contributed by atoms with Crippen LogP contribution in [0.15, 0.2) is 12.2 Å². The minimum atomic E-state index is 0.513. The maximum atomic E-state index is 3.95. The van der Waals surface area contributed by atoms with Gasteiger partial charge in [-0.2, -0.15) is 11.8 Å². The third-order valence-corrected chi connectivity index (χ3v) is 2.61. The molecule has 3 heteroatoms.